The lowest BCUT2D eigenvalue weighted by atomic mass is 9.97. The molecule has 2 fully saturated rings. The minimum atomic E-state index is 0.0117. The van der Waals surface area contributed by atoms with Gasteiger partial charge in [-0.2, -0.15) is 0 Å². The van der Waals surface area contributed by atoms with Crippen molar-refractivity contribution in [3.8, 4) is 0 Å². The van der Waals surface area contributed by atoms with Gasteiger partial charge < -0.3 is 19.7 Å². The molecular formula is C26H41N7O. The van der Waals surface area contributed by atoms with Crippen LogP contribution in [0.3, 0.4) is 0 Å². The van der Waals surface area contributed by atoms with E-state index in [9.17, 15) is 4.79 Å². The molecule has 2 aromatic rings. The van der Waals surface area contributed by atoms with E-state index < -0.39 is 0 Å². The van der Waals surface area contributed by atoms with Gasteiger partial charge in [0.25, 0.3) is 0 Å². The third-order valence-electron chi connectivity index (χ3n) is 8.11. The Bertz CT molecular complexity index is 973. The quantitative estimate of drug-likeness (QED) is 0.628. The van der Waals surface area contributed by atoms with Gasteiger partial charge in [0.2, 0.25) is 5.91 Å². The van der Waals surface area contributed by atoms with Gasteiger partial charge in [0, 0.05) is 45.2 Å². The van der Waals surface area contributed by atoms with Gasteiger partial charge in [-0.3, -0.25) is 4.79 Å². The summed E-state index contributed by atoms with van der Waals surface area (Å²) in [5.41, 5.74) is 1.86. The lowest BCUT2D eigenvalue weighted by molar-refractivity contribution is -0.125. The first kappa shape index (κ1) is 23.5. The fourth-order valence-electron chi connectivity index (χ4n) is 6.20. The first-order chi connectivity index (χ1) is 16.7. The number of nitrogens with one attached hydrogen (secondary N) is 1. The van der Waals surface area contributed by atoms with Crippen molar-refractivity contribution >= 4 is 22.9 Å². The number of carbonyl (C=O) groups excluding carboxylic acids is 1. The minimum absolute atomic E-state index is 0.0117. The molecule has 5 rings (SSSR count). The Hall–Kier alpha value is -2.22. The van der Waals surface area contributed by atoms with Gasteiger partial charge in [-0.25, -0.2) is 15.0 Å². The van der Waals surface area contributed by atoms with E-state index in [-0.39, 0.29) is 11.8 Å². The maximum Gasteiger partial charge on any atom is 0.224 e. The predicted molar refractivity (Wildman–Crippen MR) is 135 cm³/mol. The first-order valence-electron chi connectivity index (χ1n) is 13.7. The zero-order valence-corrected chi connectivity index (χ0v) is 20.8. The summed E-state index contributed by atoms with van der Waals surface area (Å²) in [4.78, 5) is 32.1. The summed E-state index contributed by atoms with van der Waals surface area (Å²) in [7, 11) is 0. The topological polar surface area (TPSA) is 79.2 Å². The van der Waals surface area contributed by atoms with Gasteiger partial charge in [0.05, 0.1) is 5.92 Å². The number of piperidine rings is 2. The van der Waals surface area contributed by atoms with E-state index in [1.165, 1.54) is 51.5 Å². The summed E-state index contributed by atoms with van der Waals surface area (Å²) in [5.74, 6) is 2.25. The number of rotatable bonds is 7. The van der Waals surface area contributed by atoms with E-state index in [2.05, 4.69) is 36.6 Å². The smallest absolute Gasteiger partial charge is 0.224 e. The molecule has 0 bridgehead atoms. The number of carbonyl (C=O) groups is 1. The molecule has 1 N–H and O–H groups in total. The van der Waals surface area contributed by atoms with Crippen LogP contribution in [0.25, 0.3) is 11.2 Å². The molecule has 2 atom stereocenters. The highest BCUT2D eigenvalue weighted by atomic mass is 16.1. The zero-order valence-electron chi connectivity index (χ0n) is 20.8. The van der Waals surface area contributed by atoms with Crippen molar-refractivity contribution in [3.63, 3.8) is 0 Å². The number of hydrogen-bond donors (Lipinski definition) is 1. The Morgan fingerprint density at radius 3 is 2.88 bits per heavy atom. The number of amides is 1. The van der Waals surface area contributed by atoms with Crippen LogP contribution >= 0.6 is 0 Å². The SMILES string of the molecule is CC[C@@H]1CCCCN1CCCNC(=O)[C@@H]1CCCN(c2ncnc3c2nc2n3CCCCC2)C1. The lowest BCUT2D eigenvalue weighted by Gasteiger charge is -2.35. The van der Waals surface area contributed by atoms with Crippen LogP contribution in [0.2, 0.25) is 0 Å². The highest BCUT2D eigenvalue weighted by Crippen LogP contribution is 2.29. The molecule has 8 nitrogen and oxygen atoms in total. The van der Waals surface area contributed by atoms with Crippen molar-refractivity contribution < 1.29 is 4.79 Å². The molecule has 2 aromatic heterocycles. The Labute approximate surface area is 203 Å². The van der Waals surface area contributed by atoms with Gasteiger partial charge in [0.15, 0.2) is 17.0 Å². The number of likely N-dealkylation sites (tertiary alicyclic amines) is 1. The Morgan fingerprint density at radius 2 is 1.97 bits per heavy atom. The molecule has 0 saturated carbocycles. The minimum Gasteiger partial charge on any atom is -0.356 e. The largest absolute Gasteiger partial charge is 0.356 e. The predicted octanol–water partition coefficient (Wildman–Crippen LogP) is 3.54. The number of imidazole rings is 1. The molecule has 3 aliphatic heterocycles. The molecule has 2 saturated heterocycles. The van der Waals surface area contributed by atoms with Crippen LogP contribution in [0.5, 0.6) is 0 Å². The summed E-state index contributed by atoms with van der Waals surface area (Å²) in [6.07, 6.45) is 14.5. The molecule has 0 spiro atoms. The van der Waals surface area contributed by atoms with Crippen molar-refractivity contribution in [2.45, 2.75) is 90.1 Å². The highest BCUT2D eigenvalue weighted by molar-refractivity contribution is 5.85. The average molecular weight is 468 g/mol. The van der Waals surface area contributed by atoms with Crippen LogP contribution < -0.4 is 10.2 Å². The van der Waals surface area contributed by atoms with Gasteiger partial charge in [-0.1, -0.05) is 19.8 Å². The third kappa shape index (κ3) is 5.07. The molecule has 0 radical (unpaired) electrons. The van der Waals surface area contributed by atoms with Crippen LogP contribution in [-0.2, 0) is 17.8 Å². The third-order valence-corrected chi connectivity index (χ3v) is 8.11. The fraction of sp³-hybridized carbons (Fsp3) is 0.769. The maximum atomic E-state index is 13.0. The second kappa shape index (κ2) is 11.0. The molecule has 186 valence electrons. The first-order valence-corrected chi connectivity index (χ1v) is 13.7. The summed E-state index contributed by atoms with van der Waals surface area (Å²) >= 11 is 0. The number of fused-ring (bicyclic) bond motifs is 3. The van der Waals surface area contributed by atoms with Crippen molar-refractivity contribution in [1.82, 2.24) is 29.7 Å². The molecule has 3 aliphatic rings. The van der Waals surface area contributed by atoms with E-state index in [4.69, 9.17) is 4.98 Å². The van der Waals surface area contributed by atoms with Crippen LogP contribution in [0.4, 0.5) is 5.82 Å². The molecule has 5 heterocycles. The van der Waals surface area contributed by atoms with Crippen LogP contribution in [0.1, 0.15) is 77.0 Å². The van der Waals surface area contributed by atoms with Crippen LogP contribution in [0, 0.1) is 5.92 Å². The van der Waals surface area contributed by atoms with E-state index >= 15 is 0 Å². The average Bonchev–Trinajstić information content (AvgIpc) is 3.07. The molecule has 8 heteroatoms. The molecule has 0 aromatic carbocycles. The fourth-order valence-corrected chi connectivity index (χ4v) is 6.20. The van der Waals surface area contributed by atoms with Crippen molar-refractivity contribution in [1.29, 1.82) is 0 Å². The Balaban J connectivity index is 1.18. The normalized spacial score (nSPS) is 24.1. The van der Waals surface area contributed by atoms with Crippen molar-refractivity contribution in [2.75, 3.05) is 37.6 Å². The second-order valence-corrected chi connectivity index (χ2v) is 10.4. The van der Waals surface area contributed by atoms with Gasteiger partial charge >= 0.3 is 0 Å². The lowest BCUT2D eigenvalue weighted by Crippen LogP contribution is -2.44. The van der Waals surface area contributed by atoms with E-state index in [0.717, 1.165) is 80.7 Å². The van der Waals surface area contributed by atoms with Gasteiger partial charge in [0.1, 0.15) is 12.2 Å². The molecule has 34 heavy (non-hydrogen) atoms. The number of aryl methyl sites for hydroxylation is 2. The number of nitrogens with zero attached hydrogens (tertiary/aromatic N) is 6. The number of aromatic nitrogens is 4. The van der Waals surface area contributed by atoms with Crippen LogP contribution in [0.15, 0.2) is 6.33 Å². The molecule has 1 amide bonds. The van der Waals surface area contributed by atoms with Gasteiger partial charge in [-0.15, -0.1) is 0 Å². The monoisotopic (exact) mass is 467 g/mol. The zero-order chi connectivity index (χ0) is 23.3. The number of anilines is 1. The molecular weight excluding hydrogens is 426 g/mol. The van der Waals surface area contributed by atoms with Crippen molar-refractivity contribution in [3.05, 3.63) is 12.2 Å². The highest BCUT2D eigenvalue weighted by Gasteiger charge is 2.29. The Kier molecular flexibility index (Phi) is 7.62. The second-order valence-electron chi connectivity index (χ2n) is 10.4. The van der Waals surface area contributed by atoms with Gasteiger partial charge in [-0.05, 0) is 57.9 Å². The molecule has 0 unspecified atom stereocenters. The summed E-state index contributed by atoms with van der Waals surface area (Å²) < 4.78 is 2.28. The van der Waals surface area contributed by atoms with Crippen LogP contribution in [-0.4, -0.2) is 69.1 Å². The maximum absolute atomic E-state index is 13.0. The van der Waals surface area contributed by atoms with E-state index in [1.54, 1.807) is 6.33 Å². The van der Waals surface area contributed by atoms with Crippen molar-refractivity contribution in [2.24, 2.45) is 5.92 Å². The standard InChI is InChI=1S/C26H41N7O/c1-2-21-11-5-7-14-31(21)16-9-13-27-26(34)20-10-8-15-32(18-20)24-23-25(29-19-28-24)33-17-6-3-4-12-22(33)30-23/h19-21H,2-18H2,1H3,(H,27,34)/t20-,21-/m1/s1. The number of hydrogen-bond acceptors (Lipinski definition) is 6. The molecule has 0 aliphatic carbocycles. The summed E-state index contributed by atoms with van der Waals surface area (Å²) in [6, 6.07) is 0.735. The summed E-state index contributed by atoms with van der Waals surface area (Å²) in [6.45, 7) is 8.01. The summed E-state index contributed by atoms with van der Waals surface area (Å²) in [5, 5.41) is 3.24. The van der Waals surface area contributed by atoms with E-state index in [1.807, 2.05) is 0 Å². The Morgan fingerprint density at radius 1 is 1.06 bits per heavy atom. The van der Waals surface area contributed by atoms with E-state index in [0.29, 0.717) is 6.54 Å².